The predicted octanol–water partition coefficient (Wildman–Crippen LogP) is 2.01. The molecule has 28 heavy (non-hydrogen) atoms. The van der Waals surface area contributed by atoms with Gasteiger partial charge in [0, 0.05) is 43.4 Å². The average Bonchev–Trinajstić information content (AvgIpc) is 3.26. The van der Waals surface area contributed by atoms with Crippen molar-refractivity contribution in [2.45, 2.75) is 26.2 Å². The molecule has 4 aromatic heterocycles. The van der Waals surface area contributed by atoms with E-state index in [-0.39, 0.29) is 5.41 Å². The van der Waals surface area contributed by atoms with Gasteiger partial charge < -0.3 is 10.2 Å². The number of hydrogen-bond donors (Lipinski definition) is 1. The van der Waals surface area contributed by atoms with Crippen molar-refractivity contribution in [1.29, 1.82) is 0 Å². The van der Waals surface area contributed by atoms with Gasteiger partial charge in [0.1, 0.15) is 11.3 Å². The number of anilines is 2. The van der Waals surface area contributed by atoms with Crippen molar-refractivity contribution in [3.63, 3.8) is 0 Å². The van der Waals surface area contributed by atoms with Crippen molar-refractivity contribution < 1.29 is 0 Å². The summed E-state index contributed by atoms with van der Waals surface area (Å²) < 4.78 is 3.69. The molecule has 0 saturated carbocycles. The van der Waals surface area contributed by atoms with Crippen LogP contribution < -0.4 is 10.2 Å². The van der Waals surface area contributed by atoms with Gasteiger partial charge in [0.2, 0.25) is 0 Å². The summed E-state index contributed by atoms with van der Waals surface area (Å²) in [6, 6.07) is 5.97. The molecule has 0 spiro atoms. The molecule has 0 bridgehead atoms. The third-order valence-electron chi connectivity index (χ3n) is 5.08. The van der Waals surface area contributed by atoms with Gasteiger partial charge in [-0.1, -0.05) is 20.8 Å². The summed E-state index contributed by atoms with van der Waals surface area (Å²) >= 11 is 0. The highest BCUT2D eigenvalue weighted by molar-refractivity contribution is 5.66. The fourth-order valence-corrected chi connectivity index (χ4v) is 3.54. The first kappa shape index (κ1) is 16.9. The summed E-state index contributed by atoms with van der Waals surface area (Å²) in [4.78, 5) is 6.72. The van der Waals surface area contributed by atoms with E-state index in [4.69, 9.17) is 5.10 Å². The molecular formula is C19H23N9. The molecule has 1 aliphatic rings. The molecule has 9 nitrogen and oxygen atoms in total. The molecular weight excluding hydrogens is 354 g/mol. The van der Waals surface area contributed by atoms with E-state index in [1.165, 1.54) is 0 Å². The molecule has 144 valence electrons. The maximum absolute atomic E-state index is 4.78. The Balaban J connectivity index is 1.26. The molecule has 1 aliphatic heterocycles. The number of nitrogens with one attached hydrogen (secondary N) is 1. The van der Waals surface area contributed by atoms with Crippen LogP contribution in [0.5, 0.6) is 0 Å². The van der Waals surface area contributed by atoms with Crippen LogP contribution in [0.15, 0.2) is 36.8 Å². The van der Waals surface area contributed by atoms with E-state index in [0.29, 0.717) is 5.92 Å². The Morgan fingerprint density at radius 2 is 1.96 bits per heavy atom. The van der Waals surface area contributed by atoms with Gasteiger partial charge in [-0.2, -0.15) is 9.61 Å². The van der Waals surface area contributed by atoms with Crippen LogP contribution in [0.25, 0.3) is 11.2 Å². The third-order valence-corrected chi connectivity index (χ3v) is 5.08. The number of rotatable bonds is 4. The van der Waals surface area contributed by atoms with Gasteiger partial charge in [-0.15, -0.1) is 15.3 Å². The average molecular weight is 377 g/mol. The van der Waals surface area contributed by atoms with Crippen molar-refractivity contribution >= 4 is 22.8 Å². The molecule has 0 amide bonds. The number of fused-ring (bicyclic) bond motifs is 2. The zero-order valence-corrected chi connectivity index (χ0v) is 16.2. The van der Waals surface area contributed by atoms with Gasteiger partial charge in [-0.3, -0.25) is 0 Å². The first-order valence-corrected chi connectivity index (χ1v) is 9.49. The fourth-order valence-electron chi connectivity index (χ4n) is 3.54. The topological polar surface area (TPSA) is 88.5 Å². The van der Waals surface area contributed by atoms with Crippen molar-refractivity contribution in [2.75, 3.05) is 29.9 Å². The largest absolute Gasteiger partial charge is 0.368 e. The highest BCUT2D eigenvalue weighted by Crippen LogP contribution is 2.26. The lowest BCUT2D eigenvalue weighted by molar-refractivity contribution is 0.423. The molecule has 4 aromatic rings. The second kappa shape index (κ2) is 6.15. The summed E-state index contributed by atoms with van der Waals surface area (Å²) in [6.45, 7) is 9.16. The minimum atomic E-state index is -0.103. The smallest absolute Gasteiger partial charge is 0.178 e. The van der Waals surface area contributed by atoms with Gasteiger partial charge in [0.25, 0.3) is 0 Å². The van der Waals surface area contributed by atoms with Crippen LogP contribution in [0.4, 0.5) is 11.6 Å². The standard InChI is InChI=1S/C19H23N9/c1-19(2,3)18-24-23-15-4-5-16(25-28(15)18)26-11-13(12-26)10-21-17-14-6-7-22-27(14)9-8-20-17/h4-9,13H,10-12H2,1-3H3,(H,20,21). The lowest BCUT2D eigenvalue weighted by atomic mass is 9.96. The van der Waals surface area contributed by atoms with E-state index in [0.717, 1.165) is 48.3 Å². The molecule has 9 heteroatoms. The van der Waals surface area contributed by atoms with Crippen LogP contribution >= 0.6 is 0 Å². The Labute approximate surface area is 162 Å². The van der Waals surface area contributed by atoms with Crippen molar-refractivity contribution in [3.8, 4) is 0 Å². The molecule has 0 unspecified atom stereocenters. The Morgan fingerprint density at radius 1 is 1.11 bits per heavy atom. The number of aromatic nitrogens is 7. The second-order valence-electron chi connectivity index (χ2n) is 8.32. The zero-order chi connectivity index (χ0) is 19.3. The van der Waals surface area contributed by atoms with Crippen molar-refractivity contribution in [3.05, 3.63) is 42.6 Å². The van der Waals surface area contributed by atoms with E-state index in [9.17, 15) is 0 Å². The van der Waals surface area contributed by atoms with Crippen molar-refractivity contribution in [1.82, 2.24) is 34.4 Å². The number of nitrogens with zero attached hydrogens (tertiary/aromatic N) is 8. The maximum atomic E-state index is 4.78. The van der Waals surface area contributed by atoms with Gasteiger partial charge in [-0.25, -0.2) is 9.50 Å². The zero-order valence-electron chi connectivity index (χ0n) is 16.2. The number of hydrogen-bond acceptors (Lipinski definition) is 7. The Hall–Kier alpha value is -3.23. The van der Waals surface area contributed by atoms with Crippen LogP contribution in [0, 0.1) is 5.92 Å². The van der Waals surface area contributed by atoms with Crippen LogP contribution in [0.1, 0.15) is 26.6 Å². The molecule has 0 aromatic carbocycles. The Bertz CT molecular complexity index is 1130. The van der Waals surface area contributed by atoms with E-state index in [1.807, 2.05) is 33.4 Å². The first-order valence-electron chi connectivity index (χ1n) is 9.49. The molecule has 1 saturated heterocycles. The molecule has 1 fully saturated rings. The highest BCUT2D eigenvalue weighted by Gasteiger charge is 2.29. The van der Waals surface area contributed by atoms with Crippen LogP contribution in [0.2, 0.25) is 0 Å². The SMILES string of the molecule is CC(C)(C)c1nnc2ccc(N3CC(CNc4nccn5nccc45)C3)nn12. The van der Waals surface area contributed by atoms with Crippen LogP contribution in [0.3, 0.4) is 0 Å². The molecule has 1 N–H and O–H groups in total. The van der Waals surface area contributed by atoms with Crippen molar-refractivity contribution in [2.24, 2.45) is 5.92 Å². The summed E-state index contributed by atoms with van der Waals surface area (Å²) in [7, 11) is 0. The van der Waals surface area contributed by atoms with Crippen LogP contribution in [-0.4, -0.2) is 54.0 Å². The lowest BCUT2D eigenvalue weighted by Gasteiger charge is -2.40. The first-order chi connectivity index (χ1) is 13.5. The normalized spacial score (nSPS) is 15.3. The van der Waals surface area contributed by atoms with Gasteiger partial charge >= 0.3 is 0 Å². The molecule has 0 aliphatic carbocycles. The summed E-state index contributed by atoms with van der Waals surface area (Å²) in [5.74, 6) is 3.26. The quantitative estimate of drug-likeness (QED) is 0.582. The summed E-state index contributed by atoms with van der Waals surface area (Å²) in [6.07, 6.45) is 5.40. The highest BCUT2D eigenvalue weighted by atomic mass is 15.4. The van der Waals surface area contributed by atoms with E-state index in [2.05, 4.69) is 51.3 Å². The predicted molar refractivity (Wildman–Crippen MR) is 107 cm³/mol. The maximum Gasteiger partial charge on any atom is 0.178 e. The fraction of sp³-hybridized carbons (Fsp3) is 0.421. The summed E-state index contributed by atoms with van der Waals surface area (Å²) in [5.41, 5.74) is 1.68. The van der Waals surface area contributed by atoms with E-state index >= 15 is 0 Å². The van der Waals surface area contributed by atoms with Gasteiger partial charge in [0.05, 0.1) is 6.20 Å². The van der Waals surface area contributed by atoms with E-state index < -0.39 is 0 Å². The second-order valence-corrected chi connectivity index (χ2v) is 8.32. The van der Waals surface area contributed by atoms with E-state index in [1.54, 1.807) is 12.4 Å². The molecule has 5 heterocycles. The molecule has 0 radical (unpaired) electrons. The van der Waals surface area contributed by atoms with Gasteiger partial charge in [-0.05, 0) is 18.2 Å². The van der Waals surface area contributed by atoms with Gasteiger partial charge in [0.15, 0.2) is 17.3 Å². The third kappa shape index (κ3) is 2.83. The Morgan fingerprint density at radius 3 is 2.79 bits per heavy atom. The van der Waals surface area contributed by atoms with Crippen LogP contribution in [-0.2, 0) is 5.41 Å². The molecule has 0 atom stereocenters. The Kier molecular flexibility index (Phi) is 3.71. The molecule has 5 rings (SSSR count). The minimum Gasteiger partial charge on any atom is -0.368 e. The minimum absolute atomic E-state index is 0.103. The lowest BCUT2D eigenvalue weighted by Crippen LogP contribution is -2.50. The monoisotopic (exact) mass is 377 g/mol. The summed E-state index contributed by atoms with van der Waals surface area (Å²) in [5, 5.41) is 21.0.